The van der Waals surface area contributed by atoms with Crippen LogP contribution in [0.4, 0.5) is 5.13 Å². The van der Waals surface area contributed by atoms with Gasteiger partial charge in [-0.05, 0) is 48.4 Å². The van der Waals surface area contributed by atoms with Crippen molar-refractivity contribution in [3.63, 3.8) is 0 Å². The van der Waals surface area contributed by atoms with Crippen LogP contribution < -0.4 is 4.90 Å². The van der Waals surface area contributed by atoms with Gasteiger partial charge in [0, 0.05) is 42.7 Å². The number of thiazole rings is 1. The molecule has 4 rings (SSSR count). The van der Waals surface area contributed by atoms with E-state index in [1.807, 2.05) is 19.2 Å². The number of likely N-dealkylation sites (N-methyl/N-ethyl adjacent to an activating group) is 1. The number of nitrogens with zero attached hydrogens (tertiary/aromatic N) is 3. The average molecular weight is 539 g/mol. The number of benzene rings is 2. The summed E-state index contributed by atoms with van der Waals surface area (Å²) >= 11 is 19.8. The van der Waals surface area contributed by atoms with E-state index in [2.05, 4.69) is 9.88 Å². The van der Waals surface area contributed by atoms with Crippen LogP contribution in [-0.4, -0.2) is 55.0 Å². The van der Waals surface area contributed by atoms with E-state index in [1.54, 1.807) is 35.2 Å². The zero-order chi connectivity index (χ0) is 24.4. The minimum Gasteiger partial charge on any atom is -0.465 e. The number of hydrogen-bond donors (Lipinski definition) is 0. The minimum atomic E-state index is -0.409. The zero-order valence-corrected chi connectivity index (χ0v) is 21.6. The Morgan fingerprint density at radius 1 is 1.12 bits per heavy atom. The molecule has 0 saturated carbocycles. The molecule has 0 unspecified atom stereocenters. The maximum atomic E-state index is 13.3. The number of methoxy groups -OCH3 is 1. The van der Waals surface area contributed by atoms with Crippen LogP contribution in [0.15, 0.2) is 48.7 Å². The second kappa shape index (κ2) is 10.5. The number of ether oxygens (including phenoxy) is 1. The molecular formula is C24H22Cl3N3O3S. The van der Waals surface area contributed by atoms with Gasteiger partial charge in [-0.2, -0.15) is 0 Å². The number of halogens is 3. The number of hydrogen-bond acceptors (Lipinski definition) is 6. The summed E-state index contributed by atoms with van der Waals surface area (Å²) in [5, 5.41) is 2.25. The van der Waals surface area contributed by atoms with Gasteiger partial charge in [0.25, 0.3) is 5.91 Å². The first-order valence-electron chi connectivity index (χ1n) is 10.5. The van der Waals surface area contributed by atoms with Crippen molar-refractivity contribution in [1.29, 1.82) is 0 Å². The van der Waals surface area contributed by atoms with Crippen LogP contribution in [0.2, 0.25) is 15.1 Å². The van der Waals surface area contributed by atoms with Crippen molar-refractivity contribution in [1.82, 2.24) is 9.88 Å². The SMILES string of the molecule is COC(=O)c1cnc(N2CC[C@@H](N(C)C(=O)c3ccc(Cl)cc3)[C@H](c3ccc(Cl)c(Cl)c3)C2)s1. The van der Waals surface area contributed by atoms with Crippen molar-refractivity contribution >= 4 is 63.1 Å². The fourth-order valence-electron chi connectivity index (χ4n) is 4.20. The van der Waals surface area contributed by atoms with Crippen molar-refractivity contribution in [2.24, 2.45) is 0 Å². The zero-order valence-electron chi connectivity index (χ0n) is 18.5. The number of amides is 1. The molecule has 10 heteroatoms. The van der Waals surface area contributed by atoms with Crippen molar-refractivity contribution in [3.05, 3.63) is 79.7 Å². The minimum absolute atomic E-state index is 0.0600. The molecule has 34 heavy (non-hydrogen) atoms. The Morgan fingerprint density at radius 2 is 1.85 bits per heavy atom. The summed E-state index contributed by atoms with van der Waals surface area (Å²) < 4.78 is 4.81. The lowest BCUT2D eigenvalue weighted by molar-refractivity contribution is 0.0605. The molecule has 1 saturated heterocycles. The first-order chi connectivity index (χ1) is 16.3. The molecule has 1 fully saturated rings. The topological polar surface area (TPSA) is 62.7 Å². The first kappa shape index (κ1) is 24.8. The van der Waals surface area contributed by atoms with Gasteiger partial charge < -0.3 is 14.5 Å². The molecule has 178 valence electrons. The molecule has 6 nitrogen and oxygen atoms in total. The average Bonchev–Trinajstić information content (AvgIpc) is 3.35. The highest BCUT2D eigenvalue weighted by atomic mass is 35.5. The standard InChI is InChI=1S/C24H22Cl3N3O3S/c1-29(22(31)14-3-6-16(25)7-4-14)20-9-10-30(24-28-12-21(34-24)23(32)33-2)13-17(20)15-5-8-18(26)19(27)11-15/h3-8,11-12,17,20H,9-10,13H2,1-2H3/t17-,20+/m0/s1. The lowest BCUT2D eigenvalue weighted by atomic mass is 9.85. The summed E-state index contributed by atoms with van der Waals surface area (Å²) in [6.07, 6.45) is 2.23. The highest BCUT2D eigenvalue weighted by molar-refractivity contribution is 7.17. The number of esters is 1. The third-order valence-electron chi connectivity index (χ3n) is 6.01. The maximum Gasteiger partial charge on any atom is 0.349 e. The van der Waals surface area contributed by atoms with Crippen LogP contribution in [0, 0.1) is 0 Å². The van der Waals surface area contributed by atoms with Crippen molar-refractivity contribution in [2.45, 2.75) is 18.4 Å². The van der Waals surface area contributed by atoms with Gasteiger partial charge in [0.15, 0.2) is 5.13 Å². The second-order valence-corrected chi connectivity index (χ2v) is 10.3. The van der Waals surface area contributed by atoms with E-state index in [0.29, 0.717) is 45.0 Å². The number of piperidine rings is 1. The Balaban J connectivity index is 1.63. The van der Waals surface area contributed by atoms with Crippen molar-refractivity contribution < 1.29 is 14.3 Å². The molecule has 1 amide bonds. The fourth-order valence-corrected chi connectivity index (χ4v) is 5.50. The van der Waals surface area contributed by atoms with Gasteiger partial charge in [-0.1, -0.05) is 52.2 Å². The lowest BCUT2D eigenvalue weighted by Crippen LogP contribution is -2.50. The summed E-state index contributed by atoms with van der Waals surface area (Å²) in [7, 11) is 3.17. The molecule has 2 atom stereocenters. The normalized spacial score (nSPS) is 18.0. The molecule has 1 aromatic heterocycles. The smallest absolute Gasteiger partial charge is 0.349 e. The Kier molecular flexibility index (Phi) is 7.67. The van der Waals surface area contributed by atoms with Gasteiger partial charge in [-0.15, -0.1) is 0 Å². The fraction of sp³-hybridized carbons (Fsp3) is 0.292. The highest BCUT2D eigenvalue weighted by Gasteiger charge is 2.36. The molecule has 3 aromatic rings. The van der Waals surface area contributed by atoms with E-state index in [0.717, 1.165) is 10.7 Å². The van der Waals surface area contributed by atoms with Crippen LogP contribution in [0.3, 0.4) is 0 Å². The predicted molar refractivity (Wildman–Crippen MR) is 137 cm³/mol. The number of aromatic nitrogens is 1. The summed E-state index contributed by atoms with van der Waals surface area (Å²) in [6, 6.07) is 12.4. The number of carbonyl (C=O) groups is 2. The van der Waals surface area contributed by atoms with Crippen LogP contribution in [0.5, 0.6) is 0 Å². The molecule has 2 aromatic carbocycles. The quantitative estimate of drug-likeness (QED) is 0.372. The van der Waals surface area contributed by atoms with Gasteiger partial charge >= 0.3 is 5.97 Å². The highest BCUT2D eigenvalue weighted by Crippen LogP contribution is 2.37. The maximum absolute atomic E-state index is 13.3. The number of rotatable bonds is 5. The largest absolute Gasteiger partial charge is 0.465 e. The van der Waals surface area contributed by atoms with E-state index in [-0.39, 0.29) is 17.9 Å². The van der Waals surface area contributed by atoms with E-state index in [9.17, 15) is 9.59 Å². The van der Waals surface area contributed by atoms with Crippen LogP contribution in [0.25, 0.3) is 0 Å². The summed E-state index contributed by atoms with van der Waals surface area (Å²) in [5.41, 5.74) is 1.55. The third-order valence-corrected chi connectivity index (χ3v) is 8.04. The molecule has 0 spiro atoms. The van der Waals surface area contributed by atoms with E-state index >= 15 is 0 Å². The third kappa shape index (κ3) is 5.18. The van der Waals surface area contributed by atoms with Gasteiger partial charge in [0.2, 0.25) is 0 Å². The number of carbonyl (C=O) groups excluding carboxylic acids is 2. The van der Waals surface area contributed by atoms with Gasteiger partial charge in [0.1, 0.15) is 4.88 Å². The molecular weight excluding hydrogens is 517 g/mol. The van der Waals surface area contributed by atoms with Gasteiger partial charge in [-0.3, -0.25) is 4.79 Å². The lowest BCUT2D eigenvalue weighted by Gasteiger charge is -2.43. The summed E-state index contributed by atoms with van der Waals surface area (Å²) in [6.45, 7) is 1.27. The Bertz CT molecular complexity index is 1200. The Labute approximate surface area is 217 Å². The second-order valence-electron chi connectivity index (χ2n) is 8.00. The molecule has 1 aliphatic heterocycles. The van der Waals surface area contributed by atoms with Crippen LogP contribution >= 0.6 is 46.1 Å². The summed E-state index contributed by atoms with van der Waals surface area (Å²) in [5.74, 6) is -0.550. The first-order valence-corrected chi connectivity index (χ1v) is 12.5. The van der Waals surface area contributed by atoms with Crippen LogP contribution in [0.1, 0.15) is 37.9 Å². The van der Waals surface area contributed by atoms with Crippen molar-refractivity contribution in [2.75, 3.05) is 32.1 Å². The monoisotopic (exact) mass is 537 g/mol. The molecule has 1 aliphatic rings. The Morgan fingerprint density at radius 3 is 2.53 bits per heavy atom. The summed E-state index contributed by atoms with van der Waals surface area (Å²) in [4.78, 5) is 34.0. The van der Waals surface area contributed by atoms with Crippen LogP contribution in [-0.2, 0) is 4.74 Å². The van der Waals surface area contributed by atoms with E-state index in [4.69, 9.17) is 39.5 Å². The predicted octanol–water partition coefficient (Wildman–Crippen LogP) is 6.02. The van der Waals surface area contributed by atoms with Gasteiger partial charge in [0.05, 0.1) is 23.4 Å². The molecule has 2 heterocycles. The Hall–Kier alpha value is -2.32. The number of anilines is 1. The van der Waals surface area contributed by atoms with E-state index in [1.165, 1.54) is 24.6 Å². The molecule has 0 N–H and O–H groups in total. The van der Waals surface area contributed by atoms with Crippen molar-refractivity contribution in [3.8, 4) is 0 Å². The molecule has 0 radical (unpaired) electrons. The van der Waals surface area contributed by atoms with Gasteiger partial charge in [-0.25, -0.2) is 9.78 Å². The molecule has 0 bridgehead atoms. The van der Waals surface area contributed by atoms with E-state index < -0.39 is 5.97 Å². The molecule has 0 aliphatic carbocycles.